The van der Waals surface area contributed by atoms with Gasteiger partial charge >= 0.3 is 0 Å². The predicted octanol–water partition coefficient (Wildman–Crippen LogP) is 1.36. The number of hydrogen-bond acceptors (Lipinski definition) is 3. The second-order valence-corrected chi connectivity index (χ2v) is 5.66. The molecule has 0 spiro atoms. The van der Waals surface area contributed by atoms with Gasteiger partial charge in [0.1, 0.15) is 0 Å². The van der Waals surface area contributed by atoms with Gasteiger partial charge in [-0.05, 0) is 32.1 Å². The summed E-state index contributed by atoms with van der Waals surface area (Å²) in [5.41, 5.74) is 0. The molecule has 17 heavy (non-hydrogen) atoms. The summed E-state index contributed by atoms with van der Waals surface area (Å²) in [6.45, 7) is 7.95. The standard InChI is InChI=1S/C13H24N2O2/c1-9(2)7-12-14-10(3)13(16)15(12)8-11-5-4-6-17-11/h9-12,14H,4-8H2,1-3H3. The van der Waals surface area contributed by atoms with Crippen molar-refractivity contribution in [2.75, 3.05) is 13.2 Å². The Morgan fingerprint density at radius 2 is 2.29 bits per heavy atom. The summed E-state index contributed by atoms with van der Waals surface area (Å²) < 4.78 is 5.63. The third kappa shape index (κ3) is 2.99. The minimum absolute atomic E-state index is 0.0415. The first kappa shape index (κ1) is 12.8. The molecule has 0 bridgehead atoms. The Bertz CT molecular complexity index is 275. The molecule has 98 valence electrons. The van der Waals surface area contributed by atoms with E-state index in [1.807, 2.05) is 11.8 Å². The molecule has 0 aromatic rings. The van der Waals surface area contributed by atoms with Gasteiger partial charge in [-0.3, -0.25) is 10.1 Å². The number of carbonyl (C=O) groups is 1. The van der Waals surface area contributed by atoms with Crippen LogP contribution in [0.15, 0.2) is 0 Å². The van der Waals surface area contributed by atoms with Gasteiger partial charge in [-0.25, -0.2) is 0 Å². The van der Waals surface area contributed by atoms with E-state index in [1.165, 1.54) is 0 Å². The molecule has 1 N–H and O–H groups in total. The maximum atomic E-state index is 12.1. The first-order chi connectivity index (χ1) is 8.08. The first-order valence-electron chi connectivity index (χ1n) is 6.76. The highest BCUT2D eigenvalue weighted by Gasteiger charge is 2.37. The molecule has 3 unspecified atom stereocenters. The third-order valence-electron chi connectivity index (χ3n) is 3.59. The van der Waals surface area contributed by atoms with Crippen LogP contribution >= 0.6 is 0 Å². The molecule has 0 aliphatic carbocycles. The van der Waals surface area contributed by atoms with Crippen LogP contribution in [0.25, 0.3) is 0 Å². The van der Waals surface area contributed by atoms with Gasteiger partial charge in [-0.1, -0.05) is 13.8 Å². The molecule has 0 aromatic heterocycles. The van der Waals surface area contributed by atoms with E-state index >= 15 is 0 Å². The fourth-order valence-electron chi connectivity index (χ4n) is 2.72. The third-order valence-corrected chi connectivity index (χ3v) is 3.59. The van der Waals surface area contributed by atoms with Crippen molar-refractivity contribution in [1.82, 2.24) is 10.2 Å². The molecule has 0 saturated carbocycles. The van der Waals surface area contributed by atoms with Crippen LogP contribution in [0.5, 0.6) is 0 Å². The van der Waals surface area contributed by atoms with Crippen molar-refractivity contribution in [3.05, 3.63) is 0 Å². The van der Waals surface area contributed by atoms with Gasteiger partial charge in [0.2, 0.25) is 5.91 Å². The molecule has 2 aliphatic rings. The minimum atomic E-state index is -0.0415. The van der Waals surface area contributed by atoms with Gasteiger partial charge in [-0.15, -0.1) is 0 Å². The quantitative estimate of drug-likeness (QED) is 0.806. The maximum Gasteiger partial charge on any atom is 0.240 e. The summed E-state index contributed by atoms with van der Waals surface area (Å²) in [4.78, 5) is 14.1. The Hall–Kier alpha value is -0.610. The minimum Gasteiger partial charge on any atom is -0.376 e. The van der Waals surface area contributed by atoms with Crippen LogP contribution in [0.2, 0.25) is 0 Å². The van der Waals surface area contributed by atoms with Crippen LogP contribution in [0.1, 0.15) is 40.0 Å². The fourth-order valence-corrected chi connectivity index (χ4v) is 2.72. The molecule has 2 rings (SSSR count). The molecule has 2 aliphatic heterocycles. The number of rotatable bonds is 4. The van der Waals surface area contributed by atoms with Crippen molar-refractivity contribution < 1.29 is 9.53 Å². The number of nitrogens with zero attached hydrogens (tertiary/aromatic N) is 1. The van der Waals surface area contributed by atoms with Gasteiger partial charge in [-0.2, -0.15) is 0 Å². The van der Waals surface area contributed by atoms with Crippen LogP contribution in [0, 0.1) is 5.92 Å². The van der Waals surface area contributed by atoms with Crippen LogP contribution in [-0.4, -0.2) is 42.3 Å². The zero-order valence-electron chi connectivity index (χ0n) is 11.1. The van der Waals surface area contributed by atoms with Crippen molar-refractivity contribution in [2.45, 2.75) is 58.3 Å². The van der Waals surface area contributed by atoms with Crippen molar-refractivity contribution in [2.24, 2.45) is 5.92 Å². The van der Waals surface area contributed by atoms with Gasteiger partial charge in [0.05, 0.1) is 18.3 Å². The van der Waals surface area contributed by atoms with Crippen molar-refractivity contribution in [3.63, 3.8) is 0 Å². The molecule has 2 heterocycles. The topological polar surface area (TPSA) is 41.6 Å². The molecule has 2 fully saturated rings. The van der Waals surface area contributed by atoms with E-state index < -0.39 is 0 Å². The van der Waals surface area contributed by atoms with Crippen molar-refractivity contribution in [1.29, 1.82) is 0 Å². The highest BCUT2D eigenvalue weighted by Crippen LogP contribution is 2.21. The Labute approximate surface area is 104 Å². The zero-order valence-corrected chi connectivity index (χ0v) is 11.1. The molecule has 4 nitrogen and oxygen atoms in total. The van der Waals surface area contributed by atoms with Crippen LogP contribution in [0.4, 0.5) is 0 Å². The Morgan fingerprint density at radius 1 is 1.53 bits per heavy atom. The largest absolute Gasteiger partial charge is 0.376 e. The molecular formula is C13H24N2O2. The Morgan fingerprint density at radius 3 is 2.88 bits per heavy atom. The molecular weight excluding hydrogens is 216 g/mol. The van der Waals surface area contributed by atoms with E-state index in [-0.39, 0.29) is 24.2 Å². The summed E-state index contributed by atoms with van der Waals surface area (Å²) in [5.74, 6) is 0.823. The summed E-state index contributed by atoms with van der Waals surface area (Å²) >= 11 is 0. The van der Waals surface area contributed by atoms with Crippen molar-refractivity contribution in [3.8, 4) is 0 Å². The van der Waals surface area contributed by atoms with Crippen LogP contribution in [0.3, 0.4) is 0 Å². The molecule has 2 saturated heterocycles. The average Bonchev–Trinajstić information content (AvgIpc) is 2.83. The lowest BCUT2D eigenvalue weighted by Crippen LogP contribution is -2.42. The van der Waals surface area contributed by atoms with Gasteiger partial charge in [0, 0.05) is 13.2 Å². The smallest absolute Gasteiger partial charge is 0.240 e. The number of amides is 1. The van der Waals surface area contributed by atoms with Gasteiger partial charge in [0.15, 0.2) is 0 Å². The fraction of sp³-hybridized carbons (Fsp3) is 0.923. The van der Waals surface area contributed by atoms with E-state index in [0.29, 0.717) is 5.92 Å². The number of hydrogen-bond donors (Lipinski definition) is 1. The second kappa shape index (κ2) is 5.36. The van der Waals surface area contributed by atoms with E-state index in [1.54, 1.807) is 0 Å². The zero-order chi connectivity index (χ0) is 12.4. The maximum absolute atomic E-state index is 12.1. The highest BCUT2D eigenvalue weighted by atomic mass is 16.5. The summed E-state index contributed by atoms with van der Waals surface area (Å²) in [6.07, 6.45) is 3.68. The summed E-state index contributed by atoms with van der Waals surface area (Å²) in [5, 5.41) is 3.38. The van der Waals surface area contributed by atoms with Gasteiger partial charge < -0.3 is 9.64 Å². The first-order valence-corrected chi connectivity index (χ1v) is 6.76. The van der Waals surface area contributed by atoms with E-state index in [2.05, 4.69) is 19.2 Å². The number of carbonyl (C=O) groups excluding carboxylic acids is 1. The molecule has 4 heteroatoms. The monoisotopic (exact) mass is 240 g/mol. The Balaban J connectivity index is 1.96. The van der Waals surface area contributed by atoms with E-state index in [0.717, 1.165) is 32.4 Å². The normalized spacial score (nSPS) is 34.0. The summed E-state index contributed by atoms with van der Waals surface area (Å²) in [6, 6.07) is -0.0415. The van der Waals surface area contributed by atoms with E-state index in [4.69, 9.17) is 4.74 Å². The molecule has 0 radical (unpaired) electrons. The van der Waals surface area contributed by atoms with E-state index in [9.17, 15) is 4.79 Å². The average molecular weight is 240 g/mol. The summed E-state index contributed by atoms with van der Waals surface area (Å²) in [7, 11) is 0. The van der Waals surface area contributed by atoms with Crippen LogP contribution < -0.4 is 5.32 Å². The lowest BCUT2D eigenvalue weighted by molar-refractivity contribution is -0.131. The lowest BCUT2D eigenvalue weighted by atomic mass is 10.1. The lowest BCUT2D eigenvalue weighted by Gasteiger charge is -2.27. The van der Waals surface area contributed by atoms with Gasteiger partial charge in [0.25, 0.3) is 0 Å². The van der Waals surface area contributed by atoms with Crippen LogP contribution in [-0.2, 0) is 9.53 Å². The predicted molar refractivity (Wildman–Crippen MR) is 66.5 cm³/mol. The van der Waals surface area contributed by atoms with Crippen molar-refractivity contribution >= 4 is 5.91 Å². The highest BCUT2D eigenvalue weighted by molar-refractivity contribution is 5.83. The number of nitrogens with one attached hydrogen (secondary N) is 1. The molecule has 1 amide bonds. The molecule has 0 aromatic carbocycles. The molecule has 3 atom stereocenters. The SMILES string of the molecule is CC(C)CC1NC(C)C(=O)N1CC1CCCO1. The second-order valence-electron chi connectivity index (χ2n) is 5.66. The Kier molecular flexibility index (Phi) is 4.05. The number of ether oxygens (including phenoxy) is 1.